The molecule has 0 aromatic rings. The fourth-order valence-electron chi connectivity index (χ4n) is 3.72. The highest BCUT2D eigenvalue weighted by Gasteiger charge is 2.39. The standard InChI is InChI=1S/C17H36N2/c1-6-7-8-9-10-17(5,13-18)19-12-14(2)11-15(3)16(19)4/h14-16H,6-13,18H2,1-5H3. The number of nitrogens with two attached hydrogens (primary N) is 1. The lowest BCUT2D eigenvalue weighted by molar-refractivity contribution is -0.0123. The van der Waals surface area contributed by atoms with Crippen LogP contribution in [-0.4, -0.2) is 29.6 Å². The second-order valence-corrected chi connectivity index (χ2v) is 7.22. The first kappa shape index (κ1) is 17.0. The summed E-state index contributed by atoms with van der Waals surface area (Å²) in [5.74, 6) is 1.61. The maximum absolute atomic E-state index is 6.16. The molecule has 2 nitrogen and oxygen atoms in total. The molecule has 0 saturated carbocycles. The van der Waals surface area contributed by atoms with Gasteiger partial charge in [0.25, 0.3) is 0 Å². The molecule has 4 atom stereocenters. The Morgan fingerprint density at radius 2 is 1.84 bits per heavy atom. The number of piperidine rings is 1. The fourth-order valence-corrected chi connectivity index (χ4v) is 3.72. The molecule has 4 unspecified atom stereocenters. The van der Waals surface area contributed by atoms with Crippen LogP contribution < -0.4 is 5.73 Å². The zero-order valence-corrected chi connectivity index (χ0v) is 13.9. The van der Waals surface area contributed by atoms with Crippen molar-refractivity contribution in [1.82, 2.24) is 4.90 Å². The van der Waals surface area contributed by atoms with Crippen molar-refractivity contribution in [2.75, 3.05) is 13.1 Å². The average molecular weight is 268 g/mol. The maximum Gasteiger partial charge on any atom is 0.0306 e. The first-order valence-electron chi connectivity index (χ1n) is 8.41. The van der Waals surface area contributed by atoms with Crippen molar-refractivity contribution >= 4 is 0 Å². The third kappa shape index (κ3) is 4.46. The number of unbranched alkanes of at least 4 members (excludes halogenated alkanes) is 3. The molecule has 1 aliphatic rings. The smallest absolute Gasteiger partial charge is 0.0306 e. The molecule has 2 heteroatoms. The summed E-state index contributed by atoms with van der Waals surface area (Å²) in [4.78, 5) is 2.72. The highest BCUT2D eigenvalue weighted by atomic mass is 15.2. The minimum atomic E-state index is 0.204. The highest BCUT2D eigenvalue weighted by Crippen LogP contribution is 2.34. The van der Waals surface area contributed by atoms with Crippen LogP contribution in [0.5, 0.6) is 0 Å². The molecule has 1 saturated heterocycles. The van der Waals surface area contributed by atoms with Gasteiger partial charge in [-0.3, -0.25) is 4.90 Å². The third-order valence-corrected chi connectivity index (χ3v) is 5.30. The summed E-state index contributed by atoms with van der Waals surface area (Å²) in [5, 5.41) is 0. The Labute approximate surface area is 121 Å². The van der Waals surface area contributed by atoms with Crippen molar-refractivity contribution < 1.29 is 0 Å². The second-order valence-electron chi connectivity index (χ2n) is 7.22. The van der Waals surface area contributed by atoms with Gasteiger partial charge < -0.3 is 5.73 Å². The van der Waals surface area contributed by atoms with E-state index in [1.54, 1.807) is 0 Å². The first-order valence-corrected chi connectivity index (χ1v) is 8.41. The van der Waals surface area contributed by atoms with E-state index in [1.165, 1.54) is 45.1 Å². The van der Waals surface area contributed by atoms with Crippen molar-refractivity contribution in [3.8, 4) is 0 Å². The summed E-state index contributed by atoms with van der Waals surface area (Å²) in [6, 6.07) is 0.677. The molecule has 1 heterocycles. The molecule has 1 rings (SSSR count). The molecule has 114 valence electrons. The molecule has 2 N–H and O–H groups in total. The Morgan fingerprint density at radius 1 is 1.16 bits per heavy atom. The van der Waals surface area contributed by atoms with Gasteiger partial charge in [0.05, 0.1) is 0 Å². The van der Waals surface area contributed by atoms with Gasteiger partial charge in [0.15, 0.2) is 0 Å². The van der Waals surface area contributed by atoms with Crippen LogP contribution in [0.3, 0.4) is 0 Å². The van der Waals surface area contributed by atoms with Crippen molar-refractivity contribution in [2.45, 2.75) is 84.7 Å². The SMILES string of the molecule is CCCCCCC(C)(CN)N1CC(C)CC(C)C1C. The normalized spacial score (nSPS) is 32.2. The van der Waals surface area contributed by atoms with E-state index in [9.17, 15) is 0 Å². The zero-order valence-electron chi connectivity index (χ0n) is 13.9. The molecule has 0 spiro atoms. The Hall–Kier alpha value is -0.0800. The highest BCUT2D eigenvalue weighted by molar-refractivity contribution is 4.95. The summed E-state index contributed by atoms with van der Waals surface area (Å²) in [5.41, 5.74) is 6.37. The van der Waals surface area contributed by atoms with E-state index in [4.69, 9.17) is 5.73 Å². The fraction of sp³-hybridized carbons (Fsp3) is 1.00. The van der Waals surface area contributed by atoms with Crippen LogP contribution in [0.15, 0.2) is 0 Å². The molecule has 0 aliphatic carbocycles. The van der Waals surface area contributed by atoms with Gasteiger partial charge in [0.2, 0.25) is 0 Å². The summed E-state index contributed by atoms with van der Waals surface area (Å²) in [6.07, 6.45) is 7.99. The molecule has 19 heavy (non-hydrogen) atoms. The number of rotatable bonds is 7. The van der Waals surface area contributed by atoms with E-state index in [2.05, 4.69) is 39.5 Å². The van der Waals surface area contributed by atoms with Gasteiger partial charge in [-0.1, -0.05) is 46.5 Å². The Kier molecular flexibility index (Phi) is 6.82. The quantitative estimate of drug-likeness (QED) is 0.706. The maximum atomic E-state index is 6.16. The minimum absolute atomic E-state index is 0.204. The number of nitrogens with zero attached hydrogens (tertiary/aromatic N) is 1. The summed E-state index contributed by atoms with van der Waals surface area (Å²) in [6.45, 7) is 13.9. The molecule has 1 aliphatic heterocycles. The predicted octanol–water partition coefficient (Wildman–Crippen LogP) is 4.04. The van der Waals surface area contributed by atoms with E-state index in [-0.39, 0.29) is 5.54 Å². The van der Waals surface area contributed by atoms with E-state index in [0.717, 1.165) is 18.4 Å². The largest absolute Gasteiger partial charge is 0.329 e. The van der Waals surface area contributed by atoms with Crippen LogP contribution in [0.2, 0.25) is 0 Å². The van der Waals surface area contributed by atoms with Gasteiger partial charge >= 0.3 is 0 Å². The lowest BCUT2D eigenvalue weighted by atomic mass is 9.80. The Balaban J connectivity index is 2.64. The molecule has 0 aromatic heterocycles. The lowest BCUT2D eigenvalue weighted by Gasteiger charge is -2.51. The van der Waals surface area contributed by atoms with E-state index >= 15 is 0 Å². The number of hydrogen-bond acceptors (Lipinski definition) is 2. The Bertz CT molecular complexity index is 254. The molecule has 1 fully saturated rings. The van der Waals surface area contributed by atoms with Crippen LogP contribution >= 0.6 is 0 Å². The van der Waals surface area contributed by atoms with Crippen LogP contribution in [0.25, 0.3) is 0 Å². The lowest BCUT2D eigenvalue weighted by Crippen LogP contribution is -2.60. The van der Waals surface area contributed by atoms with Gasteiger partial charge in [-0.25, -0.2) is 0 Å². The molecule has 0 aromatic carbocycles. The van der Waals surface area contributed by atoms with Gasteiger partial charge in [0.1, 0.15) is 0 Å². The Morgan fingerprint density at radius 3 is 2.42 bits per heavy atom. The monoisotopic (exact) mass is 268 g/mol. The van der Waals surface area contributed by atoms with Crippen molar-refractivity contribution in [3.63, 3.8) is 0 Å². The molecule has 0 bridgehead atoms. The van der Waals surface area contributed by atoms with Crippen LogP contribution in [0, 0.1) is 11.8 Å². The first-order chi connectivity index (χ1) is 8.94. The summed E-state index contributed by atoms with van der Waals surface area (Å²) in [7, 11) is 0. The molecular formula is C17H36N2. The van der Waals surface area contributed by atoms with Crippen molar-refractivity contribution in [2.24, 2.45) is 17.6 Å². The van der Waals surface area contributed by atoms with Gasteiger partial charge in [-0.15, -0.1) is 0 Å². The van der Waals surface area contributed by atoms with Crippen LogP contribution in [0.1, 0.15) is 73.1 Å². The molecular weight excluding hydrogens is 232 g/mol. The van der Waals surface area contributed by atoms with Crippen molar-refractivity contribution in [1.29, 1.82) is 0 Å². The van der Waals surface area contributed by atoms with Crippen molar-refractivity contribution in [3.05, 3.63) is 0 Å². The predicted molar refractivity (Wildman–Crippen MR) is 85.3 cm³/mol. The number of likely N-dealkylation sites (tertiary alicyclic amines) is 1. The van der Waals surface area contributed by atoms with Gasteiger partial charge in [-0.05, 0) is 38.5 Å². The number of hydrogen-bond donors (Lipinski definition) is 1. The second kappa shape index (κ2) is 7.64. The average Bonchev–Trinajstić information content (AvgIpc) is 2.38. The minimum Gasteiger partial charge on any atom is -0.329 e. The zero-order chi connectivity index (χ0) is 14.5. The van der Waals surface area contributed by atoms with Crippen LogP contribution in [-0.2, 0) is 0 Å². The molecule has 0 amide bonds. The molecule has 0 radical (unpaired) electrons. The summed E-state index contributed by atoms with van der Waals surface area (Å²) >= 11 is 0. The van der Waals surface area contributed by atoms with E-state index in [1.807, 2.05) is 0 Å². The summed E-state index contributed by atoms with van der Waals surface area (Å²) < 4.78 is 0. The van der Waals surface area contributed by atoms with E-state index in [0.29, 0.717) is 6.04 Å². The van der Waals surface area contributed by atoms with Gasteiger partial charge in [0, 0.05) is 24.7 Å². The topological polar surface area (TPSA) is 29.3 Å². The van der Waals surface area contributed by atoms with Crippen LogP contribution in [0.4, 0.5) is 0 Å². The third-order valence-electron chi connectivity index (χ3n) is 5.30. The van der Waals surface area contributed by atoms with E-state index < -0.39 is 0 Å². The van der Waals surface area contributed by atoms with Gasteiger partial charge in [-0.2, -0.15) is 0 Å².